The number of rotatable bonds is 4. The number of halogens is 1. The van der Waals surface area contributed by atoms with Crippen LogP contribution in [0.4, 0.5) is 0 Å². The number of aromatic amines is 1. The van der Waals surface area contributed by atoms with Crippen LogP contribution in [0.15, 0.2) is 34.1 Å². The summed E-state index contributed by atoms with van der Waals surface area (Å²) in [6, 6.07) is 7.69. The molecular weight excluding hydrogens is 484 g/mol. The first-order valence-electron chi connectivity index (χ1n) is 11.0. The lowest BCUT2D eigenvalue weighted by atomic mass is 9.68. The lowest BCUT2D eigenvalue weighted by molar-refractivity contribution is -0.153. The molecule has 33 heavy (non-hydrogen) atoms. The molecule has 1 saturated heterocycles. The molecule has 2 aliphatic carbocycles. The molecule has 2 aromatic rings. The van der Waals surface area contributed by atoms with Gasteiger partial charge in [0.15, 0.2) is 0 Å². The van der Waals surface area contributed by atoms with Crippen molar-refractivity contribution in [2.75, 3.05) is 13.2 Å². The first-order valence-corrected chi connectivity index (χ1v) is 13.1. The van der Waals surface area contributed by atoms with E-state index in [0.29, 0.717) is 5.02 Å². The fraction of sp³-hybridized carbons (Fsp3) is 0.478. The van der Waals surface area contributed by atoms with Crippen molar-refractivity contribution in [1.82, 2.24) is 9.88 Å². The minimum atomic E-state index is -0.558. The summed E-state index contributed by atoms with van der Waals surface area (Å²) in [7, 11) is 0. The molecule has 3 heterocycles. The number of ether oxygens (including phenoxy) is 1. The molecule has 2 amide bonds. The van der Waals surface area contributed by atoms with E-state index in [1.807, 2.05) is 24.3 Å². The number of thioether (sulfide) groups is 1. The SMILES string of the molecule is CCOC(=O)CN1C(=O)C2C3CC(C2C1=O)C1C(c2ccc(Cl)cc2)c2sc(=O)[nH]c2SC31. The number of aromatic nitrogens is 1. The van der Waals surface area contributed by atoms with Gasteiger partial charge < -0.3 is 9.72 Å². The molecule has 10 heteroatoms. The van der Waals surface area contributed by atoms with Crippen molar-refractivity contribution in [2.24, 2.45) is 29.6 Å². The van der Waals surface area contributed by atoms with Gasteiger partial charge in [-0.1, -0.05) is 35.1 Å². The monoisotopic (exact) mass is 504 g/mol. The summed E-state index contributed by atoms with van der Waals surface area (Å²) in [5.74, 6) is -1.73. The number of hydrogen-bond acceptors (Lipinski definition) is 7. The summed E-state index contributed by atoms with van der Waals surface area (Å²) >= 11 is 9.00. The Kier molecular flexibility index (Phi) is 5.01. The number of nitrogens with one attached hydrogen (secondary N) is 1. The van der Waals surface area contributed by atoms with Crippen LogP contribution < -0.4 is 4.87 Å². The first-order chi connectivity index (χ1) is 15.9. The van der Waals surface area contributed by atoms with Crippen LogP contribution in [0.25, 0.3) is 0 Å². The molecule has 2 saturated carbocycles. The van der Waals surface area contributed by atoms with E-state index in [1.165, 1.54) is 11.3 Å². The van der Waals surface area contributed by atoms with Gasteiger partial charge >= 0.3 is 10.8 Å². The zero-order valence-electron chi connectivity index (χ0n) is 17.7. The second-order valence-corrected chi connectivity index (χ2v) is 11.7. The predicted molar refractivity (Wildman–Crippen MR) is 123 cm³/mol. The summed E-state index contributed by atoms with van der Waals surface area (Å²) in [4.78, 5) is 55.9. The topological polar surface area (TPSA) is 96.5 Å². The Labute approximate surface area is 202 Å². The second kappa shape index (κ2) is 7.71. The zero-order chi connectivity index (χ0) is 23.0. The number of H-pyrrole nitrogens is 1. The van der Waals surface area contributed by atoms with E-state index in [2.05, 4.69) is 4.98 Å². The third-order valence-electron chi connectivity index (χ3n) is 7.64. The Morgan fingerprint density at radius 3 is 2.55 bits per heavy atom. The normalized spacial score (nSPS) is 33.8. The molecule has 7 nitrogen and oxygen atoms in total. The van der Waals surface area contributed by atoms with Crippen molar-refractivity contribution >= 4 is 52.5 Å². The van der Waals surface area contributed by atoms with E-state index in [9.17, 15) is 19.2 Å². The van der Waals surface area contributed by atoms with Crippen molar-refractivity contribution < 1.29 is 19.1 Å². The van der Waals surface area contributed by atoms with E-state index < -0.39 is 17.8 Å². The van der Waals surface area contributed by atoms with Crippen LogP contribution in [0, 0.1) is 29.6 Å². The molecule has 0 radical (unpaired) electrons. The van der Waals surface area contributed by atoms with Gasteiger partial charge in [-0.05, 0) is 48.8 Å². The maximum absolute atomic E-state index is 13.4. The maximum Gasteiger partial charge on any atom is 0.326 e. The lowest BCUT2D eigenvalue weighted by Gasteiger charge is -2.43. The van der Waals surface area contributed by atoms with E-state index in [1.54, 1.807) is 18.7 Å². The van der Waals surface area contributed by atoms with Crippen LogP contribution in [0.3, 0.4) is 0 Å². The quantitative estimate of drug-likeness (QED) is 0.507. The van der Waals surface area contributed by atoms with Crippen LogP contribution >= 0.6 is 34.7 Å². The second-order valence-electron chi connectivity index (χ2n) is 9.08. The number of benzene rings is 1. The molecule has 172 valence electrons. The summed E-state index contributed by atoms with van der Waals surface area (Å²) in [6.45, 7) is 1.58. The van der Waals surface area contributed by atoms with Gasteiger partial charge in [0.05, 0.1) is 23.5 Å². The molecule has 1 aromatic carbocycles. The molecular formula is C23H21ClN2O5S2. The van der Waals surface area contributed by atoms with Gasteiger partial charge in [0.1, 0.15) is 6.54 Å². The molecule has 2 bridgehead atoms. The van der Waals surface area contributed by atoms with E-state index >= 15 is 0 Å². The highest BCUT2D eigenvalue weighted by Gasteiger charge is 2.69. The van der Waals surface area contributed by atoms with Gasteiger partial charge in [-0.25, -0.2) is 0 Å². The number of fused-ring (bicyclic) bond motifs is 9. The van der Waals surface area contributed by atoms with Crippen LogP contribution in [0.1, 0.15) is 29.7 Å². The number of carbonyl (C=O) groups is 3. The van der Waals surface area contributed by atoms with Crippen LogP contribution in [-0.2, 0) is 19.1 Å². The molecule has 3 fully saturated rings. The fourth-order valence-electron chi connectivity index (χ4n) is 6.61. The predicted octanol–water partition coefficient (Wildman–Crippen LogP) is 3.13. The summed E-state index contributed by atoms with van der Waals surface area (Å²) in [6.07, 6.45) is 0.811. The Hall–Kier alpha value is -2.10. The van der Waals surface area contributed by atoms with Crippen molar-refractivity contribution in [3.8, 4) is 0 Å². The smallest absolute Gasteiger partial charge is 0.326 e. The average molecular weight is 505 g/mol. The Morgan fingerprint density at radius 1 is 1.15 bits per heavy atom. The Morgan fingerprint density at radius 2 is 1.85 bits per heavy atom. The summed E-state index contributed by atoms with van der Waals surface area (Å²) < 4.78 is 4.98. The minimum absolute atomic E-state index is 0.0205. The van der Waals surface area contributed by atoms with Gasteiger partial charge in [-0.15, -0.1) is 11.8 Å². The molecule has 7 atom stereocenters. The van der Waals surface area contributed by atoms with E-state index in [0.717, 1.165) is 26.8 Å². The molecule has 0 spiro atoms. The molecule has 1 N–H and O–H groups in total. The van der Waals surface area contributed by atoms with Crippen molar-refractivity contribution in [2.45, 2.75) is 29.5 Å². The molecule has 1 aromatic heterocycles. The largest absolute Gasteiger partial charge is 0.465 e. The standard InChI is InChI=1S/C23H21ClN2O5S2/c1-2-31-13(27)8-26-21(28)16-11-7-12(17(16)22(26)29)18-15(11)14(9-3-5-10(24)6-4-9)19-20(32-18)25-23(30)33-19/h3-6,11-12,14-18H,2,7-8H2,1H3,(H,25,30). The van der Waals surface area contributed by atoms with Crippen molar-refractivity contribution in [1.29, 1.82) is 0 Å². The first kappa shape index (κ1) is 21.4. The number of nitrogens with zero attached hydrogens (tertiary/aromatic N) is 1. The summed E-state index contributed by atoms with van der Waals surface area (Å²) in [5.41, 5.74) is 1.07. The van der Waals surface area contributed by atoms with E-state index in [-0.39, 0.29) is 58.8 Å². The van der Waals surface area contributed by atoms with Crippen LogP contribution in [0.2, 0.25) is 5.02 Å². The average Bonchev–Trinajstić information content (AvgIpc) is 3.50. The van der Waals surface area contributed by atoms with Crippen molar-refractivity contribution in [3.05, 3.63) is 49.4 Å². The number of esters is 1. The zero-order valence-corrected chi connectivity index (χ0v) is 20.0. The maximum atomic E-state index is 13.4. The molecule has 2 aliphatic heterocycles. The third kappa shape index (κ3) is 3.08. The van der Waals surface area contributed by atoms with Gasteiger partial charge in [0, 0.05) is 21.1 Å². The van der Waals surface area contributed by atoms with Gasteiger partial charge in [-0.2, -0.15) is 0 Å². The highest BCUT2D eigenvalue weighted by molar-refractivity contribution is 8.00. The number of amides is 2. The number of hydrogen-bond donors (Lipinski definition) is 1. The molecule has 6 rings (SSSR count). The fourth-order valence-corrected chi connectivity index (χ4v) is 9.63. The lowest BCUT2D eigenvalue weighted by Crippen LogP contribution is -2.42. The highest BCUT2D eigenvalue weighted by Crippen LogP contribution is 2.68. The van der Waals surface area contributed by atoms with Crippen molar-refractivity contribution in [3.63, 3.8) is 0 Å². The summed E-state index contributed by atoms with van der Waals surface area (Å²) in [5, 5.41) is 1.63. The Balaban J connectivity index is 1.39. The van der Waals surface area contributed by atoms with Gasteiger partial charge in [0.25, 0.3) is 0 Å². The van der Waals surface area contributed by atoms with Gasteiger partial charge in [-0.3, -0.25) is 24.1 Å². The van der Waals surface area contributed by atoms with E-state index in [4.69, 9.17) is 16.3 Å². The molecule has 7 unspecified atom stereocenters. The van der Waals surface area contributed by atoms with Gasteiger partial charge in [0.2, 0.25) is 11.8 Å². The third-order valence-corrected chi connectivity index (χ3v) is 10.5. The highest BCUT2D eigenvalue weighted by atomic mass is 35.5. The number of carbonyl (C=O) groups excluding carboxylic acids is 3. The molecule has 4 aliphatic rings. The Bertz CT molecular complexity index is 1220. The minimum Gasteiger partial charge on any atom is -0.465 e. The number of likely N-dealkylation sites (tertiary alicyclic amines) is 1. The number of thiazole rings is 1. The van der Waals surface area contributed by atoms with Crippen LogP contribution in [0.5, 0.6) is 0 Å². The number of imide groups is 1. The van der Waals surface area contributed by atoms with Crippen LogP contribution in [-0.4, -0.2) is 46.1 Å².